The Morgan fingerprint density at radius 1 is 1.38 bits per heavy atom. The molecule has 0 spiro atoms. The summed E-state index contributed by atoms with van der Waals surface area (Å²) >= 11 is 0. The van der Waals surface area contributed by atoms with Crippen molar-refractivity contribution in [2.24, 2.45) is 5.73 Å². The standard InChI is InChI=1S/C10H16N6/c1-3-16-10(13-7-14-16)6-15-8(2)12-5-9(15)4-11/h5,7H,3-4,6,11H2,1-2H3. The molecule has 86 valence electrons. The van der Waals surface area contributed by atoms with Gasteiger partial charge in [-0.05, 0) is 13.8 Å². The lowest BCUT2D eigenvalue weighted by atomic mass is 10.4. The maximum Gasteiger partial charge on any atom is 0.146 e. The minimum atomic E-state index is 0.487. The van der Waals surface area contributed by atoms with E-state index >= 15 is 0 Å². The average molecular weight is 220 g/mol. The fraction of sp³-hybridized carbons (Fsp3) is 0.500. The van der Waals surface area contributed by atoms with E-state index in [0.29, 0.717) is 13.1 Å². The number of nitrogens with zero attached hydrogens (tertiary/aromatic N) is 5. The minimum absolute atomic E-state index is 0.487. The third-order valence-electron chi connectivity index (χ3n) is 2.64. The normalized spacial score (nSPS) is 10.9. The van der Waals surface area contributed by atoms with Gasteiger partial charge in [0.15, 0.2) is 0 Å². The van der Waals surface area contributed by atoms with Crippen LogP contribution in [-0.4, -0.2) is 24.3 Å². The van der Waals surface area contributed by atoms with E-state index in [1.807, 2.05) is 24.7 Å². The molecule has 2 heterocycles. The maximum atomic E-state index is 5.66. The second kappa shape index (κ2) is 4.44. The predicted molar refractivity (Wildman–Crippen MR) is 59.7 cm³/mol. The van der Waals surface area contributed by atoms with Gasteiger partial charge in [0, 0.05) is 19.3 Å². The van der Waals surface area contributed by atoms with Crippen LogP contribution in [0.25, 0.3) is 0 Å². The Bertz CT molecular complexity index is 469. The highest BCUT2D eigenvalue weighted by molar-refractivity contribution is 5.06. The number of nitrogens with two attached hydrogens (primary N) is 1. The molecule has 2 aromatic heterocycles. The highest BCUT2D eigenvalue weighted by Gasteiger charge is 2.09. The lowest BCUT2D eigenvalue weighted by molar-refractivity contribution is 0.578. The SMILES string of the molecule is CCn1ncnc1Cn1c(CN)cnc1C. The molecule has 2 rings (SSSR count). The first-order valence-corrected chi connectivity index (χ1v) is 5.34. The Morgan fingerprint density at radius 2 is 2.19 bits per heavy atom. The summed E-state index contributed by atoms with van der Waals surface area (Å²) in [7, 11) is 0. The van der Waals surface area contributed by atoms with Crippen molar-refractivity contribution in [2.75, 3.05) is 0 Å². The van der Waals surface area contributed by atoms with E-state index in [1.165, 1.54) is 0 Å². The van der Waals surface area contributed by atoms with Crippen molar-refractivity contribution in [3.05, 3.63) is 29.9 Å². The third kappa shape index (κ3) is 1.83. The van der Waals surface area contributed by atoms with Crippen molar-refractivity contribution < 1.29 is 0 Å². The molecule has 0 unspecified atom stereocenters. The molecule has 0 bridgehead atoms. The topological polar surface area (TPSA) is 74.5 Å². The Hall–Kier alpha value is -1.69. The molecule has 0 amide bonds. The molecule has 6 nitrogen and oxygen atoms in total. The Kier molecular flexibility index (Phi) is 3.00. The van der Waals surface area contributed by atoms with Crippen molar-refractivity contribution in [1.82, 2.24) is 24.3 Å². The quantitative estimate of drug-likeness (QED) is 0.804. The van der Waals surface area contributed by atoms with E-state index in [4.69, 9.17) is 5.73 Å². The smallest absolute Gasteiger partial charge is 0.146 e. The maximum absolute atomic E-state index is 5.66. The van der Waals surface area contributed by atoms with Gasteiger partial charge >= 0.3 is 0 Å². The van der Waals surface area contributed by atoms with Gasteiger partial charge in [-0.25, -0.2) is 14.6 Å². The summed E-state index contributed by atoms with van der Waals surface area (Å²) in [5.41, 5.74) is 6.68. The summed E-state index contributed by atoms with van der Waals surface area (Å²) in [6.07, 6.45) is 3.38. The number of hydrogen-bond donors (Lipinski definition) is 1. The van der Waals surface area contributed by atoms with Gasteiger partial charge in [0.2, 0.25) is 0 Å². The summed E-state index contributed by atoms with van der Waals surface area (Å²) in [5.74, 6) is 1.88. The third-order valence-corrected chi connectivity index (χ3v) is 2.64. The van der Waals surface area contributed by atoms with Crippen LogP contribution >= 0.6 is 0 Å². The van der Waals surface area contributed by atoms with Crippen molar-refractivity contribution in [3.63, 3.8) is 0 Å². The van der Waals surface area contributed by atoms with Crippen LogP contribution in [0.1, 0.15) is 24.3 Å². The van der Waals surface area contributed by atoms with Crippen LogP contribution in [0.4, 0.5) is 0 Å². The molecule has 0 radical (unpaired) electrons. The van der Waals surface area contributed by atoms with Crippen LogP contribution in [0.2, 0.25) is 0 Å². The van der Waals surface area contributed by atoms with Crippen LogP contribution in [-0.2, 0) is 19.6 Å². The molecule has 0 fully saturated rings. The van der Waals surface area contributed by atoms with Gasteiger partial charge in [0.05, 0.1) is 12.2 Å². The summed E-state index contributed by atoms with van der Waals surface area (Å²) < 4.78 is 3.94. The van der Waals surface area contributed by atoms with Gasteiger partial charge in [-0.3, -0.25) is 0 Å². The largest absolute Gasteiger partial charge is 0.325 e. The first kappa shape index (κ1) is 10.8. The fourth-order valence-electron chi connectivity index (χ4n) is 1.71. The number of hydrogen-bond acceptors (Lipinski definition) is 4. The molecule has 0 aliphatic carbocycles. The first-order chi connectivity index (χ1) is 7.76. The zero-order chi connectivity index (χ0) is 11.5. The number of imidazole rings is 1. The molecule has 0 aliphatic heterocycles. The Labute approximate surface area is 94.1 Å². The highest BCUT2D eigenvalue weighted by atomic mass is 15.3. The van der Waals surface area contributed by atoms with Crippen molar-refractivity contribution in [2.45, 2.75) is 33.5 Å². The summed E-state index contributed by atoms with van der Waals surface area (Å²) in [6.45, 7) is 5.99. The minimum Gasteiger partial charge on any atom is -0.325 e. The molecule has 0 aliphatic rings. The molecule has 0 atom stereocenters. The molecule has 0 aromatic carbocycles. The van der Waals surface area contributed by atoms with Crippen molar-refractivity contribution in [3.8, 4) is 0 Å². The van der Waals surface area contributed by atoms with Gasteiger partial charge in [0.1, 0.15) is 18.0 Å². The van der Waals surface area contributed by atoms with Crippen LogP contribution in [0.15, 0.2) is 12.5 Å². The predicted octanol–water partition coefficient (Wildman–Crippen LogP) is 0.310. The summed E-state index contributed by atoms with van der Waals surface area (Å²) in [4.78, 5) is 8.49. The van der Waals surface area contributed by atoms with E-state index < -0.39 is 0 Å². The molecule has 0 saturated heterocycles. The van der Waals surface area contributed by atoms with Gasteiger partial charge in [-0.1, -0.05) is 0 Å². The summed E-state index contributed by atoms with van der Waals surface area (Å²) in [5, 5.41) is 4.14. The lowest BCUT2D eigenvalue weighted by Crippen LogP contribution is -2.14. The molecule has 0 saturated carbocycles. The van der Waals surface area contributed by atoms with Crippen LogP contribution < -0.4 is 5.73 Å². The first-order valence-electron chi connectivity index (χ1n) is 5.34. The number of aryl methyl sites for hydroxylation is 2. The van der Waals surface area contributed by atoms with Crippen LogP contribution in [0.3, 0.4) is 0 Å². The van der Waals surface area contributed by atoms with Gasteiger partial charge in [-0.15, -0.1) is 0 Å². The molecule has 16 heavy (non-hydrogen) atoms. The Balaban J connectivity index is 2.29. The average Bonchev–Trinajstić information content (AvgIpc) is 2.87. The summed E-state index contributed by atoms with van der Waals surface area (Å²) in [6, 6.07) is 0. The van der Waals surface area contributed by atoms with Crippen molar-refractivity contribution in [1.29, 1.82) is 0 Å². The monoisotopic (exact) mass is 220 g/mol. The van der Waals surface area contributed by atoms with Gasteiger partial charge in [0.25, 0.3) is 0 Å². The van der Waals surface area contributed by atoms with E-state index in [9.17, 15) is 0 Å². The second-order valence-electron chi connectivity index (χ2n) is 3.58. The zero-order valence-electron chi connectivity index (χ0n) is 9.59. The van der Waals surface area contributed by atoms with E-state index in [1.54, 1.807) is 6.33 Å². The second-order valence-corrected chi connectivity index (χ2v) is 3.58. The molecule has 6 heteroatoms. The lowest BCUT2D eigenvalue weighted by Gasteiger charge is -2.09. The zero-order valence-corrected chi connectivity index (χ0v) is 9.59. The molecule has 2 aromatic rings. The number of rotatable bonds is 4. The molecular formula is C10H16N6. The van der Waals surface area contributed by atoms with Crippen LogP contribution in [0.5, 0.6) is 0 Å². The molecular weight excluding hydrogens is 204 g/mol. The van der Waals surface area contributed by atoms with Crippen LogP contribution in [0, 0.1) is 6.92 Å². The van der Waals surface area contributed by atoms with Crippen molar-refractivity contribution >= 4 is 0 Å². The fourth-order valence-corrected chi connectivity index (χ4v) is 1.71. The molecule has 2 N–H and O–H groups in total. The van der Waals surface area contributed by atoms with E-state index in [-0.39, 0.29) is 0 Å². The number of aromatic nitrogens is 5. The highest BCUT2D eigenvalue weighted by Crippen LogP contribution is 2.07. The van der Waals surface area contributed by atoms with Gasteiger partial charge in [-0.2, -0.15) is 5.10 Å². The van der Waals surface area contributed by atoms with Gasteiger partial charge < -0.3 is 10.3 Å². The van der Waals surface area contributed by atoms with E-state index in [0.717, 1.165) is 23.9 Å². The van der Waals surface area contributed by atoms with E-state index in [2.05, 4.69) is 19.6 Å². The Morgan fingerprint density at radius 3 is 2.88 bits per heavy atom.